The molecule has 0 radical (unpaired) electrons. The molecule has 0 aliphatic carbocycles. The van der Waals surface area contributed by atoms with Crippen LogP contribution in [0, 0.1) is 0 Å². The maximum Gasteiger partial charge on any atom is 0.248 e. The van der Waals surface area contributed by atoms with Crippen molar-refractivity contribution in [3.63, 3.8) is 0 Å². The first-order valence-corrected chi connectivity index (χ1v) is 15.3. The zero-order chi connectivity index (χ0) is 33.8. The number of guanidine groups is 1. The molecule has 13 nitrogen and oxygen atoms in total. The third-order valence-electron chi connectivity index (χ3n) is 7.62. The second-order valence-electron chi connectivity index (χ2n) is 11.2. The van der Waals surface area contributed by atoms with E-state index in [2.05, 4.69) is 25.9 Å². The van der Waals surface area contributed by atoms with Crippen LogP contribution < -0.4 is 38.9 Å². The van der Waals surface area contributed by atoms with Crippen molar-refractivity contribution >= 4 is 40.5 Å². The predicted molar refractivity (Wildman–Crippen MR) is 181 cm³/mol. The Kier molecular flexibility index (Phi) is 12.1. The number of aliphatic imine (C=N–C) groups is 1. The highest BCUT2D eigenvalue weighted by molar-refractivity contribution is 5.94. The van der Waals surface area contributed by atoms with Crippen LogP contribution in [0.15, 0.2) is 90.1 Å². The molecule has 47 heavy (non-hydrogen) atoms. The fraction of sp³-hybridized carbons (Fsp3) is 0.265. The molecule has 0 unspecified atom stereocenters. The lowest BCUT2D eigenvalue weighted by molar-refractivity contribution is -0.132. The lowest BCUT2D eigenvalue weighted by Gasteiger charge is -2.24. The van der Waals surface area contributed by atoms with Crippen molar-refractivity contribution in [2.45, 2.75) is 50.4 Å². The molecule has 3 atom stereocenters. The van der Waals surface area contributed by atoms with Gasteiger partial charge in [-0.2, -0.15) is 0 Å². The van der Waals surface area contributed by atoms with Gasteiger partial charge >= 0.3 is 0 Å². The number of hydrogen-bond acceptors (Lipinski definition) is 6. The van der Waals surface area contributed by atoms with Gasteiger partial charge in [0.05, 0.1) is 6.04 Å². The van der Waals surface area contributed by atoms with E-state index in [9.17, 15) is 19.2 Å². The Morgan fingerprint density at radius 1 is 0.766 bits per heavy atom. The maximum absolute atomic E-state index is 13.8. The normalized spacial score (nSPS) is 12.8. The Bertz CT molecular complexity index is 1720. The van der Waals surface area contributed by atoms with E-state index >= 15 is 0 Å². The van der Waals surface area contributed by atoms with E-state index in [4.69, 9.17) is 22.9 Å². The average molecular weight is 640 g/mol. The van der Waals surface area contributed by atoms with Gasteiger partial charge in [-0.25, -0.2) is 0 Å². The van der Waals surface area contributed by atoms with Crippen LogP contribution in [0.25, 0.3) is 10.9 Å². The van der Waals surface area contributed by atoms with Crippen molar-refractivity contribution in [1.29, 1.82) is 0 Å². The summed E-state index contributed by atoms with van der Waals surface area (Å²) < 4.78 is 0. The molecule has 4 amide bonds. The molecular weight excluding hydrogens is 598 g/mol. The third-order valence-corrected chi connectivity index (χ3v) is 7.62. The standard InChI is InChI=1S/C34H41N9O4/c35-26(17-21-8-2-1-3-9-21)31(45)42-28(14-7-15-39-34(37)38)33(47)43-29(18-24-20-40-27-13-5-4-12-25(24)27)32(46)41-19-22-10-6-11-23(16-22)30(36)44/h1-6,8-13,16,20,26,28-29,40H,7,14-15,17-19,35H2,(H2,36,44)(H,41,46)(H,42,45)(H,43,47)(H4,37,38,39)/t26-,28+,29+/m1/s1. The van der Waals surface area contributed by atoms with Crippen LogP contribution in [0.3, 0.4) is 0 Å². The number of carbonyl (C=O) groups excluding carboxylic acids is 4. The van der Waals surface area contributed by atoms with Crippen LogP contribution in [0.4, 0.5) is 0 Å². The van der Waals surface area contributed by atoms with Gasteiger partial charge in [-0.1, -0.05) is 60.7 Å². The molecule has 1 heterocycles. The van der Waals surface area contributed by atoms with E-state index in [1.54, 1.807) is 30.5 Å². The van der Waals surface area contributed by atoms with Gasteiger partial charge in [0.1, 0.15) is 12.1 Å². The number of nitrogens with one attached hydrogen (secondary N) is 4. The Morgan fingerprint density at radius 2 is 1.47 bits per heavy atom. The van der Waals surface area contributed by atoms with Crippen molar-refractivity contribution in [3.8, 4) is 0 Å². The van der Waals surface area contributed by atoms with E-state index in [0.29, 0.717) is 17.5 Å². The first-order chi connectivity index (χ1) is 22.6. The molecule has 246 valence electrons. The zero-order valence-electron chi connectivity index (χ0n) is 25.9. The number of rotatable bonds is 16. The molecular formula is C34H41N9O4. The summed E-state index contributed by atoms with van der Waals surface area (Å²) in [4.78, 5) is 59.4. The molecule has 0 saturated carbocycles. The van der Waals surface area contributed by atoms with Crippen LogP contribution >= 0.6 is 0 Å². The van der Waals surface area contributed by atoms with Gasteiger partial charge in [0.2, 0.25) is 23.6 Å². The molecule has 0 spiro atoms. The minimum Gasteiger partial charge on any atom is -0.370 e. The molecule has 3 aromatic carbocycles. The first-order valence-electron chi connectivity index (χ1n) is 15.3. The first kappa shape index (κ1) is 34.2. The molecule has 4 rings (SSSR count). The molecule has 12 N–H and O–H groups in total. The van der Waals surface area contributed by atoms with Crippen molar-refractivity contribution < 1.29 is 19.2 Å². The highest BCUT2D eigenvalue weighted by Crippen LogP contribution is 2.19. The van der Waals surface area contributed by atoms with E-state index in [0.717, 1.165) is 22.0 Å². The summed E-state index contributed by atoms with van der Waals surface area (Å²) in [5.74, 6) is -2.20. The largest absolute Gasteiger partial charge is 0.370 e. The molecule has 13 heteroatoms. The second-order valence-corrected chi connectivity index (χ2v) is 11.2. The Labute approximate surface area is 272 Å². The summed E-state index contributed by atoms with van der Waals surface area (Å²) >= 11 is 0. The van der Waals surface area contributed by atoms with E-state index in [1.165, 1.54) is 0 Å². The van der Waals surface area contributed by atoms with Crippen molar-refractivity contribution in [2.75, 3.05) is 6.54 Å². The summed E-state index contributed by atoms with van der Waals surface area (Å²) in [5.41, 5.74) is 26.1. The molecule has 1 aromatic heterocycles. The van der Waals surface area contributed by atoms with Gasteiger partial charge in [-0.3, -0.25) is 24.2 Å². The van der Waals surface area contributed by atoms with Gasteiger partial charge in [0.25, 0.3) is 0 Å². The number of aromatic nitrogens is 1. The highest BCUT2D eigenvalue weighted by Gasteiger charge is 2.29. The number of para-hydroxylation sites is 1. The fourth-order valence-electron chi connectivity index (χ4n) is 5.16. The van der Waals surface area contributed by atoms with E-state index in [1.807, 2.05) is 54.6 Å². The number of nitrogens with two attached hydrogens (primary N) is 4. The Morgan fingerprint density at radius 3 is 2.21 bits per heavy atom. The quantitative estimate of drug-likeness (QED) is 0.0496. The van der Waals surface area contributed by atoms with Gasteiger partial charge in [0, 0.05) is 42.2 Å². The van der Waals surface area contributed by atoms with Crippen LogP contribution in [0.5, 0.6) is 0 Å². The minimum atomic E-state index is -1.02. The van der Waals surface area contributed by atoms with Gasteiger partial charge in [-0.05, 0) is 54.2 Å². The molecule has 4 aromatic rings. The second kappa shape index (κ2) is 16.6. The molecule has 0 aliphatic heterocycles. The number of fused-ring (bicyclic) bond motifs is 1. The van der Waals surface area contributed by atoms with Crippen LogP contribution in [-0.4, -0.2) is 59.2 Å². The van der Waals surface area contributed by atoms with Crippen LogP contribution in [-0.2, 0) is 33.8 Å². The molecule has 0 bridgehead atoms. The number of primary amides is 1. The summed E-state index contributed by atoms with van der Waals surface area (Å²) in [7, 11) is 0. The summed E-state index contributed by atoms with van der Waals surface area (Å²) in [5, 5.41) is 9.37. The fourth-order valence-corrected chi connectivity index (χ4v) is 5.16. The van der Waals surface area contributed by atoms with Crippen molar-refractivity contribution in [1.82, 2.24) is 20.9 Å². The zero-order valence-corrected chi connectivity index (χ0v) is 25.9. The van der Waals surface area contributed by atoms with Gasteiger partial charge in [0.15, 0.2) is 5.96 Å². The number of aromatic amines is 1. The number of benzene rings is 3. The third kappa shape index (κ3) is 10.2. The smallest absolute Gasteiger partial charge is 0.248 e. The monoisotopic (exact) mass is 639 g/mol. The van der Waals surface area contributed by atoms with Crippen molar-refractivity contribution in [3.05, 3.63) is 107 Å². The number of amides is 4. The van der Waals surface area contributed by atoms with Gasteiger partial charge in [-0.15, -0.1) is 0 Å². The lowest BCUT2D eigenvalue weighted by Crippen LogP contribution is -2.56. The van der Waals surface area contributed by atoms with Gasteiger partial charge < -0.3 is 43.9 Å². The average Bonchev–Trinajstić information content (AvgIpc) is 3.47. The maximum atomic E-state index is 13.8. The van der Waals surface area contributed by atoms with Crippen LogP contribution in [0.2, 0.25) is 0 Å². The molecule has 0 aliphatic rings. The number of nitrogens with zero attached hydrogens (tertiary/aromatic N) is 1. The summed E-state index contributed by atoms with van der Waals surface area (Å²) in [6.07, 6.45) is 2.79. The summed E-state index contributed by atoms with van der Waals surface area (Å²) in [6, 6.07) is 20.6. The Balaban J connectivity index is 1.53. The van der Waals surface area contributed by atoms with E-state index in [-0.39, 0.29) is 38.3 Å². The van der Waals surface area contributed by atoms with E-state index < -0.39 is 41.8 Å². The number of H-pyrrole nitrogens is 1. The number of carbonyl (C=O) groups is 4. The predicted octanol–water partition coefficient (Wildman–Crippen LogP) is 0.719. The number of hydrogen-bond donors (Lipinski definition) is 8. The van der Waals surface area contributed by atoms with Crippen molar-refractivity contribution in [2.24, 2.45) is 27.9 Å². The Hall–Kier alpha value is -5.69. The molecule has 0 fully saturated rings. The highest BCUT2D eigenvalue weighted by atomic mass is 16.2. The molecule has 0 saturated heterocycles. The minimum absolute atomic E-state index is 0.0863. The lowest BCUT2D eigenvalue weighted by atomic mass is 10.0. The topological polar surface area (TPSA) is 237 Å². The van der Waals surface area contributed by atoms with Crippen LogP contribution in [0.1, 0.15) is 39.9 Å². The summed E-state index contributed by atoms with van der Waals surface area (Å²) in [6.45, 7) is 0.328. The SMILES string of the molecule is NC(=O)c1cccc(CNC(=O)[C@H](Cc2c[nH]c3ccccc23)NC(=O)[C@H](CCCN=C(N)N)NC(=O)[C@H](N)Cc2ccccc2)c1.